The summed E-state index contributed by atoms with van der Waals surface area (Å²) in [6.07, 6.45) is 3.66. The molecule has 27 heavy (non-hydrogen) atoms. The van der Waals surface area contributed by atoms with Gasteiger partial charge in [0.25, 0.3) is 0 Å². The van der Waals surface area contributed by atoms with Crippen LogP contribution in [0.2, 0.25) is 5.02 Å². The van der Waals surface area contributed by atoms with E-state index in [4.69, 9.17) is 11.6 Å². The highest BCUT2D eigenvalue weighted by molar-refractivity contribution is 6.30. The molecule has 0 bridgehead atoms. The molecule has 0 N–H and O–H groups in total. The molecule has 4 aromatic rings. The molecular weight excluding hydrogens is 348 g/mol. The molecule has 0 spiro atoms. The van der Waals surface area contributed by atoms with Crippen LogP contribution < -0.4 is 0 Å². The summed E-state index contributed by atoms with van der Waals surface area (Å²) in [4.78, 5) is 0. The van der Waals surface area contributed by atoms with Crippen LogP contribution >= 0.6 is 11.6 Å². The normalized spacial score (nSPS) is 11.0. The van der Waals surface area contributed by atoms with Crippen molar-refractivity contribution >= 4 is 22.4 Å². The Morgan fingerprint density at radius 2 is 1.11 bits per heavy atom. The summed E-state index contributed by atoms with van der Waals surface area (Å²) in [5, 5.41) is 3.39. The molecule has 0 saturated carbocycles. The number of rotatable bonds is 5. The fourth-order valence-corrected chi connectivity index (χ4v) is 3.63. The van der Waals surface area contributed by atoms with Crippen molar-refractivity contribution in [3.05, 3.63) is 95.5 Å². The number of unbranched alkanes of at least 4 members (excludes halogenated alkanes) is 1. The maximum absolute atomic E-state index is 5.99. The smallest absolute Gasteiger partial charge is 0.0406 e. The van der Waals surface area contributed by atoms with Gasteiger partial charge in [0.05, 0.1) is 0 Å². The zero-order chi connectivity index (χ0) is 18.6. The van der Waals surface area contributed by atoms with Crippen molar-refractivity contribution in [2.45, 2.75) is 26.2 Å². The first-order chi connectivity index (χ1) is 13.2. The zero-order valence-corrected chi connectivity index (χ0v) is 16.3. The lowest BCUT2D eigenvalue weighted by atomic mass is 9.97. The van der Waals surface area contributed by atoms with Gasteiger partial charge in [-0.3, -0.25) is 0 Å². The molecule has 134 valence electrons. The van der Waals surface area contributed by atoms with E-state index in [2.05, 4.69) is 79.7 Å². The Morgan fingerprint density at radius 1 is 0.593 bits per heavy atom. The average molecular weight is 371 g/mol. The van der Waals surface area contributed by atoms with Crippen molar-refractivity contribution in [2.75, 3.05) is 0 Å². The number of hydrogen-bond acceptors (Lipinski definition) is 0. The monoisotopic (exact) mass is 370 g/mol. The quantitative estimate of drug-likeness (QED) is 0.332. The fourth-order valence-electron chi connectivity index (χ4n) is 3.51. The van der Waals surface area contributed by atoms with Crippen LogP contribution in [0.15, 0.2) is 84.9 Å². The standard InChI is InChI=1S/C26H23Cl/c1-2-3-4-19-5-6-25-18-24(12-11-23(25)17-19)22-9-7-20(8-10-22)21-13-15-26(27)16-14-21/h5-18H,2-4H2,1H3. The van der Waals surface area contributed by atoms with Crippen LogP contribution in [0.3, 0.4) is 0 Å². The van der Waals surface area contributed by atoms with E-state index in [1.807, 2.05) is 12.1 Å². The number of benzene rings is 4. The van der Waals surface area contributed by atoms with Gasteiger partial charge in [0.2, 0.25) is 0 Å². The van der Waals surface area contributed by atoms with E-state index in [0.717, 1.165) is 5.02 Å². The largest absolute Gasteiger partial charge is 0.0843 e. The molecule has 4 aromatic carbocycles. The van der Waals surface area contributed by atoms with Crippen molar-refractivity contribution in [3.8, 4) is 22.3 Å². The van der Waals surface area contributed by atoms with E-state index < -0.39 is 0 Å². The second-order valence-electron chi connectivity index (χ2n) is 7.08. The average Bonchev–Trinajstić information content (AvgIpc) is 2.72. The Bertz CT molecular complexity index is 1040. The summed E-state index contributed by atoms with van der Waals surface area (Å²) < 4.78 is 0. The Kier molecular flexibility index (Phi) is 5.27. The number of aryl methyl sites for hydroxylation is 1. The molecule has 0 radical (unpaired) electrons. The highest BCUT2D eigenvalue weighted by Crippen LogP contribution is 2.28. The van der Waals surface area contributed by atoms with Crippen LogP contribution in [-0.4, -0.2) is 0 Å². The third-order valence-electron chi connectivity index (χ3n) is 5.12. The van der Waals surface area contributed by atoms with Gasteiger partial charge in [-0.15, -0.1) is 0 Å². The zero-order valence-electron chi connectivity index (χ0n) is 15.6. The molecule has 0 unspecified atom stereocenters. The summed E-state index contributed by atoms with van der Waals surface area (Å²) in [5.41, 5.74) is 6.32. The summed E-state index contributed by atoms with van der Waals surface area (Å²) in [5.74, 6) is 0. The maximum Gasteiger partial charge on any atom is 0.0406 e. The molecule has 0 aliphatic carbocycles. The Morgan fingerprint density at radius 3 is 1.78 bits per heavy atom. The van der Waals surface area contributed by atoms with Crippen LogP contribution in [0.1, 0.15) is 25.3 Å². The maximum atomic E-state index is 5.99. The molecule has 0 aliphatic rings. The molecule has 0 atom stereocenters. The van der Waals surface area contributed by atoms with Crippen LogP contribution in [0.5, 0.6) is 0 Å². The molecule has 4 rings (SSSR count). The van der Waals surface area contributed by atoms with E-state index in [9.17, 15) is 0 Å². The molecular formula is C26H23Cl. The molecule has 0 aliphatic heterocycles. The molecule has 1 heteroatoms. The van der Waals surface area contributed by atoms with Crippen molar-refractivity contribution in [2.24, 2.45) is 0 Å². The highest BCUT2D eigenvalue weighted by atomic mass is 35.5. The molecule has 0 nitrogen and oxygen atoms in total. The summed E-state index contributed by atoms with van der Waals surface area (Å²) >= 11 is 5.99. The van der Waals surface area contributed by atoms with Gasteiger partial charge in [0, 0.05) is 5.02 Å². The van der Waals surface area contributed by atoms with E-state index in [1.54, 1.807) is 0 Å². The summed E-state index contributed by atoms with van der Waals surface area (Å²) in [6.45, 7) is 2.24. The molecule has 0 aromatic heterocycles. The van der Waals surface area contributed by atoms with Gasteiger partial charge in [0.15, 0.2) is 0 Å². The van der Waals surface area contributed by atoms with Gasteiger partial charge in [-0.1, -0.05) is 91.7 Å². The summed E-state index contributed by atoms with van der Waals surface area (Å²) in [7, 11) is 0. The van der Waals surface area contributed by atoms with Crippen LogP contribution in [0.25, 0.3) is 33.0 Å². The van der Waals surface area contributed by atoms with Gasteiger partial charge in [-0.25, -0.2) is 0 Å². The predicted molar refractivity (Wildman–Crippen MR) is 118 cm³/mol. The van der Waals surface area contributed by atoms with Gasteiger partial charge in [-0.05, 0) is 69.6 Å². The van der Waals surface area contributed by atoms with Gasteiger partial charge in [-0.2, -0.15) is 0 Å². The Labute approximate surface area is 166 Å². The van der Waals surface area contributed by atoms with E-state index in [0.29, 0.717) is 0 Å². The molecule has 0 heterocycles. The summed E-state index contributed by atoms with van der Waals surface area (Å²) in [6, 6.07) is 30.3. The number of halogens is 1. The van der Waals surface area contributed by atoms with Gasteiger partial charge >= 0.3 is 0 Å². The van der Waals surface area contributed by atoms with Gasteiger partial charge < -0.3 is 0 Å². The first-order valence-electron chi connectivity index (χ1n) is 9.62. The third-order valence-corrected chi connectivity index (χ3v) is 5.37. The van der Waals surface area contributed by atoms with Crippen molar-refractivity contribution in [1.29, 1.82) is 0 Å². The van der Waals surface area contributed by atoms with E-state index in [1.165, 1.54) is 57.9 Å². The minimum Gasteiger partial charge on any atom is -0.0843 e. The lowest BCUT2D eigenvalue weighted by Crippen LogP contribution is -1.86. The minimum absolute atomic E-state index is 0.768. The van der Waals surface area contributed by atoms with Gasteiger partial charge in [0.1, 0.15) is 0 Å². The minimum atomic E-state index is 0.768. The van der Waals surface area contributed by atoms with Crippen LogP contribution in [0, 0.1) is 0 Å². The molecule has 0 amide bonds. The van der Waals surface area contributed by atoms with E-state index in [-0.39, 0.29) is 0 Å². The topological polar surface area (TPSA) is 0 Å². The highest BCUT2D eigenvalue weighted by Gasteiger charge is 2.03. The van der Waals surface area contributed by atoms with Crippen molar-refractivity contribution < 1.29 is 0 Å². The molecule has 0 saturated heterocycles. The second kappa shape index (κ2) is 7.98. The first-order valence-corrected chi connectivity index (χ1v) is 10.00. The number of fused-ring (bicyclic) bond motifs is 1. The Hall–Kier alpha value is -2.57. The second-order valence-corrected chi connectivity index (χ2v) is 7.52. The van der Waals surface area contributed by atoms with Crippen molar-refractivity contribution in [3.63, 3.8) is 0 Å². The SMILES string of the molecule is CCCCc1ccc2cc(-c3ccc(-c4ccc(Cl)cc4)cc3)ccc2c1. The Balaban J connectivity index is 1.60. The molecule has 0 fully saturated rings. The lowest BCUT2D eigenvalue weighted by Gasteiger charge is -2.08. The van der Waals surface area contributed by atoms with E-state index >= 15 is 0 Å². The predicted octanol–water partition coefficient (Wildman–Crippen LogP) is 8.17. The number of hydrogen-bond donors (Lipinski definition) is 0. The lowest BCUT2D eigenvalue weighted by molar-refractivity contribution is 0.796. The van der Waals surface area contributed by atoms with Crippen LogP contribution in [-0.2, 0) is 6.42 Å². The third kappa shape index (κ3) is 4.07. The van der Waals surface area contributed by atoms with Crippen LogP contribution in [0.4, 0.5) is 0 Å². The van der Waals surface area contributed by atoms with Crippen molar-refractivity contribution in [1.82, 2.24) is 0 Å². The fraction of sp³-hybridized carbons (Fsp3) is 0.154. The first kappa shape index (κ1) is 17.8.